The molecule has 1 N–H and O–H groups in total. The van der Waals surface area contributed by atoms with Crippen LogP contribution in [-0.2, 0) is 22.6 Å². The number of esters is 1. The SMILES string of the molecule is COc1cccc(CCC2=NC(=O)NC(c3cccc(OC)c3)C2C(=O)OCc2cccc(F)c2)c1. The van der Waals surface area contributed by atoms with E-state index >= 15 is 0 Å². The minimum atomic E-state index is -0.867. The highest BCUT2D eigenvalue weighted by Crippen LogP contribution is 2.32. The molecule has 0 spiro atoms. The van der Waals surface area contributed by atoms with Crippen molar-refractivity contribution >= 4 is 17.7 Å². The molecule has 0 saturated heterocycles. The molecule has 2 unspecified atom stereocenters. The summed E-state index contributed by atoms with van der Waals surface area (Å²) in [6.45, 7) is -0.102. The van der Waals surface area contributed by atoms with E-state index in [1.54, 1.807) is 44.6 Å². The average Bonchev–Trinajstić information content (AvgIpc) is 2.90. The van der Waals surface area contributed by atoms with E-state index in [1.807, 2.05) is 30.3 Å². The average molecular weight is 491 g/mol. The van der Waals surface area contributed by atoms with E-state index in [0.717, 1.165) is 11.3 Å². The van der Waals surface area contributed by atoms with Gasteiger partial charge >= 0.3 is 12.0 Å². The second-order valence-corrected chi connectivity index (χ2v) is 8.37. The highest BCUT2D eigenvalue weighted by atomic mass is 19.1. The summed E-state index contributed by atoms with van der Waals surface area (Å²) in [5, 5.41) is 2.81. The number of methoxy groups -OCH3 is 2. The molecule has 0 radical (unpaired) electrons. The zero-order valence-electron chi connectivity index (χ0n) is 20.1. The monoisotopic (exact) mass is 490 g/mol. The number of urea groups is 1. The highest BCUT2D eigenvalue weighted by molar-refractivity contribution is 6.09. The van der Waals surface area contributed by atoms with Crippen LogP contribution in [-0.4, -0.2) is 31.9 Å². The van der Waals surface area contributed by atoms with Crippen LogP contribution in [0.5, 0.6) is 11.5 Å². The van der Waals surface area contributed by atoms with Gasteiger partial charge in [-0.1, -0.05) is 36.4 Å². The van der Waals surface area contributed by atoms with Gasteiger partial charge in [0.15, 0.2) is 0 Å². The normalized spacial score (nSPS) is 17.1. The second kappa shape index (κ2) is 11.5. The lowest BCUT2D eigenvalue weighted by molar-refractivity contribution is -0.148. The molecule has 36 heavy (non-hydrogen) atoms. The molecule has 8 heteroatoms. The van der Waals surface area contributed by atoms with Crippen molar-refractivity contribution in [1.29, 1.82) is 0 Å². The molecule has 2 amide bonds. The molecular weight excluding hydrogens is 463 g/mol. The largest absolute Gasteiger partial charge is 0.497 e. The lowest BCUT2D eigenvalue weighted by Crippen LogP contribution is -2.45. The number of nitrogens with one attached hydrogen (secondary N) is 1. The van der Waals surface area contributed by atoms with Crippen LogP contribution in [0.25, 0.3) is 0 Å². The van der Waals surface area contributed by atoms with Gasteiger partial charge < -0.3 is 19.5 Å². The number of hydrogen-bond donors (Lipinski definition) is 1. The summed E-state index contributed by atoms with van der Waals surface area (Å²) < 4.78 is 29.8. The molecule has 1 aliphatic rings. The zero-order chi connectivity index (χ0) is 25.5. The summed E-state index contributed by atoms with van der Waals surface area (Å²) in [5.41, 5.74) is 2.60. The Hall–Kier alpha value is -4.20. The van der Waals surface area contributed by atoms with E-state index in [0.29, 0.717) is 35.4 Å². The Labute approximate surface area is 208 Å². The van der Waals surface area contributed by atoms with Crippen LogP contribution in [0, 0.1) is 11.7 Å². The van der Waals surface area contributed by atoms with Crippen LogP contribution >= 0.6 is 0 Å². The molecule has 0 bridgehead atoms. The van der Waals surface area contributed by atoms with Crippen LogP contribution in [0.3, 0.4) is 0 Å². The number of hydrogen-bond acceptors (Lipinski definition) is 5. The first-order valence-corrected chi connectivity index (χ1v) is 11.5. The van der Waals surface area contributed by atoms with Gasteiger partial charge in [-0.3, -0.25) is 4.79 Å². The summed E-state index contributed by atoms with van der Waals surface area (Å²) in [4.78, 5) is 30.2. The van der Waals surface area contributed by atoms with Crippen molar-refractivity contribution in [2.24, 2.45) is 10.9 Å². The highest BCUT2D eigenvalue weighted by Gasteiger charge is 2.39. The van der Waals surface area contributed by atoms with E-state index in [1.165, 1.54) is 12.1 Å². The van der Waals surface area contributed by atoms with Gasteiger partial charge in [0.05, 0.1) is 20.3 Å². The van der Waals surface area contributed by atoms with E-state index in [-0.39, 0.29) is 6.61 Å². The Morgan fingerprint density at radius 3 is 2.36 bits per heavy atom. The molecule has 7 nitrogen and oxygen atoms in total. The van der Waals surface area contributed by atoms with Gasteiger partial charge in [0.2, 0.25) is 0 Å². The van der Waals surface area contributed by atoms with Crippen molar-refractivity contribution in [1.82, 2.24) is 5.32 Å². The molecule has 1 heterocycles. The fourth-order valence-corrected chi connectivity index (χ4v) is 4.21. The smallest absolute Gasteiger partial charge is 0.341 e. The van der Waals surface area contributed by atoms with Crippen LogP contribution in [0.15, 0.2) is 77.8 Å². The summed E-state index contributed by atoms with van der Waals surface area (Å²) in [5.74, 6) is -0.529. The van der Waals surface area contributed by atoms with Crippen molar-refractivity contribution < 1.29 is 28.2 Å². The second-order valence-electron chi connectivity index (χ2n) is 8.37. The molecule has 1 aliphatic heterocycles. The van der Waals surface area contributed by atoms with E-state index in [9.17, 15) is 14.0 Å². The number of benzene rings is 3. The van der Waals surface area contributed by atoms with Gasteiger partial charge in [0.25, 0.3) is 0 Å². The summed E-state index contributed by atoms with van der Waals surface area (Å²) in [6, 6.07) is 19.4. The van der Waals surface area contributed by atoms with Crippen molar-refractivity contribution in [3.05, 3.63) is 95.3 Å². The van der Waals surface area contributed by atoms with Crippen LogP contribution in [0.4, 0.5) is 9.18 Å². The quantitative estimate of drug-likeness (QED) is 0.425. The topological polar surface area (TPSA) is 86.2 Å². The Morgan fingerprint density at radius 1 is 0.917 bits per heavy atom. The van der Waals surface area contributed by atoms with Crippen LogP contribution in [0.1, 0.15) is 29.2 Å². The van der Waals surface area contributed by atoms with Gasteiger partial charge in [-0.05, 0) is 65.9 Å². The predicted octanol–water partition coefficient (Wildman–Crippen LogP) is 5.04. The number of aliphatic imine (C=N–C) groups is 1. The third-order valence-electron chi connectivity index (χ3n) is 6.00. The molecule has 0 fully saturated rings. The lowest BCUT2D eigenvalue weighted by atomic mass is 9.85. The van der Waals surface area contributed by atoms with Gasteiger partial charge in [-0.25, -0.2) is 14.2 Å². The van der Waals surface area contributed by atoms with Gasteiger partial charge in [0.1, 0.15) is 29.8 Å². The molecule has 4 rings (SSSR count). The zero-order valence-corrected chi connectivity index (χ0v) is 20.1. The van der Waals surface area contributed by atoms with Gasteiger partial charge in [0, 0.05) is 5.71 Å². The maximum atomic E-state index is 13.6. The number of rotatable bonds is 9. The fourth-order valence-electron chi connectivity index (χ4n) is 4.21. The molecule has 3 aromatic carbocycles. The molecule has 0 aromatic heterocycles. The number of ether oxygens (including phenoxy) is 3. The number of aryl methyl sites for hydroxylation is 1. The Kier molecular flexibility index (Phi) is 7.95. The standard InChI is InChI=1S/C28H27FN2O5/c1-34-22-10-4-6-18(15-22)12-13-24-25(27(32)36-17-19-7-3-9-21(29)14-19)26(31-28(33)30-24)20-8-5-11-23(16-20)35-2/h3-11,14-16,25-26H,12-13,17H2,1-2H3,(H,31,33). The summed E-state index contributed by atoms with van der Waals surface area (Å²) in [6.07, 6.45) is 0.905. The Bertz CT molecular complexity index is 1280. The molecular formula is C28H27FN2O5. The first-order valence-electron chi connectivity index (χ1n) is 11.5. The number of carbonyl (C=O) groups is 2. The lowest BCUT2D eigenvalue weighted by Gasteiger charge is -2.31. The van der Waals surface area contributed by atoms with E-state index in [4.69, 9.17) is 14.2 Å². The van der Waals surface area contributed by atoms with E-state index < -0.39 is 29.8 Å². The summed E-state index contributed by atoms with van der Waals surface area (Å²) >= 11 is 0. The van der Waals surface area contributed by atoms with Crippen LogP contribution < -0.4 is 14.8 Å². The number of carbonyl (C=O) groups excluding carboxylic acids is 2. The minimum absolute atomic E-state index is 0.102. The van der Waals surface area contributed by atoms with Crippen molar-refractivity contribution in [3.63, 3.8) is 0 Å². The van der Waals surface area contributed by atoms with Gasteiger partial charge in [-0.15, -0.1) is 0 Å². The molecule has 0 aliphatic carbocycles. The first kappa shape index (κ1) is 24.9. The van der Waals surface area contributed by atoms with Crippen molar-refractivity contribution in [2.75, 3.05) is 14.2 Å². The Balaban J connectivity index is 1.61. The van der Waals surface area contributed by atoms with Crippen LogP contribution in [0.2, 0.25) is 0 Å². The maximum absolute atomic E-state index is 13.6. The Morgan fingerprint density at radius 2 is 1.61 bits per heavy atom. The predicted molar refractivity (Wildman–Crippen MR) is 133 cm³/mol. The number of halogens is 1. The van der Waals surface area contributed by atoms with Crippen molar-refractivity contribution in [3.8, 4) is 11.5 Å². The minimum Gasteiger partial charge on any atom is -0.497 e. The molecule has 0 saturated carbocycles. The fraction of sp³-hybridized carbons (Fsp3) is 0.250. The molecule has 186 valence electrons. The number of nitrogens with zero attached hydrogens (tertiary/aromatic N) is 1. The van der Waals surface area contributed by atoms with E-state index in [2.05, 4.69) is 10.3 Å². The first-order chi connectivity index (χ1) is 17.5. The number of amides is 2. The molecule has 2 atom stereocenters. The molecule has 3 aromatic rings. The third kappa shape index (κ3) is 6.07. The van der Waals surface area contributed by atoms with Crippen molar-refractivity contribution in [2.45, 2.75) is 25.5 Å². The maximum Gasteiger partial charge on any atom is 0.341 e. The van der Waals surface area contributed by atoms with Gasteiger partial charge in [-0.2, -0.15) is 0 Å². The third-order valence-corrected chi connectivity index (χ3v) is 6.00. The summed E-state index contributed by atoms with van der Waals surface area (Å²) in [7, 11) is 3.14.